The number of nitrogens with zero attached hydrogens (tertiary/aromatic N) is 3. The molecule has 0 saturated carbocycles. The molecule has 1 amide bonds. The molecule has 2 aromatic heterocycles. The van der Waals surface area contributed by atoms with E-state index in [1.165, 1.54) is 40.8 Å². The summed E-state index contributed by atoms with van der Waals surface area (Å²) < 4.78 is 14.2. The highest BCUT2D eigenvalue weighted by molar-refractivity contribution is 7.15. The lowest BCUT2D eigenvalue weighted by Crippen LogP contribution is -2.29. The summed E-state index contributed by atoms with van der Waals surface area (Å²) in [5.74, 6) is -0.701. The van der Waals surface area contributed by atoms with E-state index in [1.807, 2.05) is 0 Å². The Labute approximate surface area is 165 Å². The van der Waals surface area contributed by atoms with Gasteiger partial charge in [0.25, 0.3) is 5.56 Å². The lowest BCUT2D eigenvalue weighted by molar-refractivity contribution is -0.117. The molecule has 8 heteroatoms. The van der Waals surface area contributed by atoms with E-state index in [4.69, 9.17) is 0 Å². The van der Waals surface area contributed by atoms with Gasteiger partial charge in [-0.1, -0.05) is 6.42 Å². The predicted octanol–water partition coefficient (Wildman–Crippen LogP) is 3.41. The number of anilines is 1. The zero-order valence-corrected chi connectivity index (χ0v) is 16.0. The highest BCUT2D eigenvalue weighted by Crippen LogP contribution is 2.28. The number of aryl methyl sites for hydroxylation is 2. The Kier molecular flexibility index (Phi) is 5.29. The number of halogens is 1. The van der Waals surface area contributed by atoms with Gasteiger partial charge in [-0.15, -0.1) is 11.3 Å². The van der Waals surface area contributed by atoms with Crippen molar-refractivity contribution >= 4 is 22.4 Å². The van der Waals surface area contributed by atoms with Crippen LogP contribution in [0.3, 0.4) is 0 Å². The number of carbonyl (C=O) groups is 1. The Bertz CT molecular complexity index is 1040. The fourth-order valence-electron chi connectivity index (χ4n) is 3.21. The van der Waals surface area contributed by atoms with Crippen molar-refractivity contribution in [2.45, 2.75) is 38.6 Å². The van der Waals surface area contributed by atoms with Gasteiger partial charge in [0.05, 0.1) is 11.4 Å². The fourth-order valence-corrected chi connectivity index (χ4v) is 4.28. The maximum atomic E-state index is 13.1. The van der Waals surface area contributed by atoms with Crippen LogP contribution in [0.25, 0.3) is 11.3 Å². The molecule has 0 fully saturated rings. The van der Waals surface area contributed by atoms with E-state index in [-0.39, 0.29) is 23.8 Å². The first-order valence-electron chi connectivity index (χ1n) is 9.21. The minimum absolute atomic E-state index is 0.210. The third-order valence-corrected chi connectivity index (χ3v) is 5.71. The maximum absolute atomic E-state index is 13.1. The zero-order chi connectivity index (χ0) is 19.5. The molecule has 0 saturated heterocycles. The number of hydrogen-bond acceptors (Lipinski definition) is 5. The van der Waals surface area contributed by atoms with Crippen molar-refractivity contribution in [3.05, 3.63) is 63.1 Å². The number of carbonyl (C=O) groups excluding carboxylic acids is 1. The van der Waals surface area contributed by atoms with Gasteiger partial charge in [0.15, 0.2) is 5.13 Å². The van der Waals surface area contributed by atoms with Crippen LogP contribution in [-0.2, 0) is 24.2 Å². The molecule has 6 nitrogen and oxygen atoms in total. The van der Waals surface area contributed by atoms with Crippen LogP contribution >= 0.6 is 11.3 Å². The third kappa shape index (κ3) is 4.17. The van der Waals surface area contributed by atoms with Crippen LogP contribution in [-0.4, -0.2) is 20.7 Å². The molecule has 1 aromatic carbocycles. The lowest BCUT2D eigenvalue weighted by Gasteiger charge is -2.07. The van der Waals surface area contributed by atoms with Crippen molar-refractivity contribution in [2.24, 2.45) is 0 Å². The standard InChI is InChI=1S/C20H19FN4O2S/c21-14-8-6-13(7-9-14)15-10-11-19(27)25(24-15)12-18(26)23-20-22-16-4-2-1-3-5-17(16)28-20/h6-11H,1-5,12H2,(H,22,23,26). The van der Waals surface area contributed by atoms with E-state index in [1.54, 1.807) is 18.2 Å². The molecule has 0 aliphatic heterocycles. The molecule has 1 aliphatic rings. The Morgan fingerprint density at radius 3 is 2.71 bits per heavy atom. The average Bonchev–Trinajstić information content (AvgIpc) is 2.92. The molecule has 2 heterocycles. The largest absolute Gasteiger partial charge is 0.300 e. The molecule has 0 unspecified atom stereocenters. The van der Waals surface area contributed by atoms with Gasteiger partial charge in [0.1, 0.15) is 12.4 Å². The summed E-state index contributed by atoms with van der Waals surface area (Å²) in [5, 5.41) is 7.59. The summed E-state index contributed by atoms with van der Waals surface area (Å²) in [6.07, 6.45) is 5.44. The average molecular weight is 398 g/mol. The number of rotatable bonds is 4. The predicted molar refractivity (Wildman–Crippen MR) is 106 cm³/mol. The second kappa shape index (κ2) is 8.02. The summed E-state index contributed by atoms with van der Waals surface area (Å²) >= 11 is 1.51. The second-order valence-electron chi connectivity index (χ2n) is 6.72. The summed E-state index contributed by atoms with van der Waals surface area (Å²) in [4.78, 5) is 30.3. The van der Waals surface area contributed by atoms with Crippen LogP contribution in [0.4, 0.5) is 9.52 Å². The molecule has 144 valence electrons. The second-order valence-corrected chi connectivity index (χ2v) is 7.80. The highest BCUT2D eigenvalue weighted by Gasteiger charge is 2.16. The monoisotopic (exact) mass is 398 g/mol. The topological polar surface area (TPSA) is 76.9 Å². The van der Waals surface area contributed by atoms with Gasteiger partial charge < -0.3 is 5.32 Å². The van der Waals surface area contributed by atoms with Gasteiger partial charge >= 0.3 is 0 Å². The summed E-state index contributed by atoms with van der Waals surface area (Å²) in [7, 11) is 0. The number of benzene rings is 1. The highest BCUT2D eigenvalue weighted by atomic mass is 32.1. The van der Waals surface area contributed by atoms with Gasteiger partial charge in [0.2, 0.25) is 5.91 Å². The lowest BCUT2D eigenvalue weighted by atomic mass is 10.1. The molecule has 1 N–H and O–H groups in total. The number of nitrogens with one attached hydrogen (secondary N) is 1. The first-order valence-corrected chi connectivity index (χ1v) is 10.0. The molecule has 0 atom stereocenters. The summed E-state index contributed by atoms with van der Waals surface area (Å²) in [6.45, 7) is -0.210. The summed E-state index contributed by atoms with van der Waals surface area (Å²) in [5.41, 5.74) is 1.86. The van der Waals surface area contributed by atoms with Gasteiger partial charge in [-0.3, -0.25) is 9.59 Å². The minimum atomic E-state index is -0.379. The van der Waals surface area contributed by atoms with E-state index < -0.39 is 0 Å². The summed E-state index contributed by atoms with van der Waals surface area (Å²) in [6, 6.07) is 8.72. The van der Waals surface area contributed by atoms with Crippen molar-refractivity contribution in [1.82, 2.24) is 14.8 Å². The van der Waals surface area contributed by atoms with Crippen molar-refractivity contribution in [2.75, 3.05) is 5.32 Å². The quantitative estimate of drug-likeness (QED) is 0.683. The van der Waals surface area contributed by atoms with Crippen molar-refractivity contribution in [3.8, 4) is 11.3 Å². The van der Waals surface area contributed by atoms with Crippen LogP contribution in [0.15, 0.2) is 41.2 Å². The van der Waals surface area contributed by atoms with Crippen molar-refractivity contribution in [3.63, 3.8) is 0 Å². The van der Waals surface area contributed by atoms with Crippen LogP contribution in [0.1, 0.15) is 29.8 Å². The number of fused-ring (bicyclic) bond motifs is 1. The van der Waals surface area contributed by atoms with Gasteiger partial charge in [-0.25, -0.2) is 14.1 Å². The maximum Gasteiger partial charge on any atom is 0.267 e. The Morgan fingerprint density at radius 2 is 1.89 bits per heavy atom. The van der Waals surface area contributed by atoms with Crippen LogP contribution < -0.4 is 10.9 Å². The van der Waals surface area contributed by atoms with Gasteiger partial charge in [-0.2, -0.15) is 5.10 Å². The molecule has 0 bridgehead atoms. The molecule has 0 radical (unpaired) electrons. The molecule has 1 aliphatic carbocycles. The molecule has 3 aromatic rings. The number of aromatic nitrogens is 3. The first-order chi connectivity index (χ1) is 13.6. The smallest absolute Gasteiger partial charge is 0.267 e. The fraction of sp³-hybridized carbons (Fsp3) is 0.300. The molecular weight excluding hydrogens is 379 g/mol. The van der Waals surface area contributed by atoms with Gasteiger partial charge in [-0.05, 0) is 56.0 Å². The Morgan fingerprint density at radius 1 is 1.11 bits per heavy atom. The Hall–Kier alpha value is -2.87. The van der Waals surface area contributed by atoms with Crippen LogP contribution in [0, 0.1) is 5.82 Å². The molecule has 4 rings (SSSR count). The van der Waals surface area contributed by atoms with Crippen molar-refractivity contribution in [1.29, 1.82) is 0 Å². The van der Waals surface area contributed by atoms with E-state index >= 15 is 0 Å². The third-order valence-electron chi connectivity index (χ3n) is 4.64. The van der Waals surface area contributed by atoms with E-state index in [0.717, 1.165) is 36.1 Å². The van der Waals surface area contributed by atoms with E-state index in [2.05, 4.69) is 15.4 Å². The van der Waals surface area contributed by atoms with E-state index in [0.29, 0.717) is 16.4 Å². The molecule has 28 heavy (non-hydrogen) atoms. The normalized spacial score (nSPS) is 13.6. The minimum Gasteiger partial charge on any atom is -0.300 e. The molecule has 0 spiro atoms. The van der Waals surface area contributed by atoms with Gasteiger partial charge in [0, 0.05) is 16.5 Å². The SMILES string of the molecule is O=C(Cn1nc(-c2ccc(F)cc2)ccc1=O)Nc1nc2c(s1)CCCCC2. The van der Waals surface area contributed by atoms with E-state index in [9.17, 15) is 14.0 Å². The number of thiazole rings is 1. The zero-order valence-electron chi connectivity index (χ0n) is 15.2. The number of amides is 1. The van der Waals surface area contributed by atoms with Crippen molar-refractivity contribution < 1.29 is 9.18 Å². The molecular formula is C20H19FN4O2S. The van der Waals surface area contributed by atoms with Crippen LogP contribution in [0.2, 0.25) is 0 Å². The number of hydrogen-bond donors (Lipinski definition) is 1. The van der Waals surface area contributed by atoms with Crippen LogP contribution in [0.5, 0.6) is 0 Å². The Balaban J connectivity index is 1.49. The first kappa shape index (κ1) is 18.5.